The number of nitrogens with one attached hydrogen (secondary N) is 1. The minimum atomic E-state index is -1.73. The van der Waals surface area contributed by atoms with Crippen molar-refractivity contribution in [3.63, 3.8) is 0 Å². The molecule has 1 atom stereocenters. The Labute approximate surface area is 172 Å². The van der Waals surface area contributed by atoms with Crippen LogP contribution in [-0.4, -0.2) is 32.0 Å². The van der Waals surface area contributed by atoms with Gasteiger partial charge in [-0.25, -0.2) is 0 Å². The summed E-state index contributed by atoms with van der Waals surface area (Å²) in [4.78, 5) is 10.9. The lowest BCUT2D eigenvalue weighted by molar-refractivity contribution is -0.138. The van der Waals surface area contributed by atoms with Crippen molar-refractivity contribution in [1.29, 1.82) is 0 Å². The highest BCUT2D eigenvalue weighted by molar-refractivity contribution is 6.74. The van der Waals surface area contributed by atoms with Gasteiger partial charge in [-0.05, 0) is 80.3 Å². The number of rotatable bonds is 8. The predicted molar refractivity (Wildman–Crippen MR) is 120 cm³/mol. The summed E-state index contributed by atoms with van der Waals surface area (Å²) in [5.41, 5.74) is 2.51. The average molecular weight is 406 g/mol. The van der Waals surface area contributed by atoms with Crippen molar-refractivity contribution in [3.05, 3.63) is 29.8 Å². The molecule has 0 radical (unpaired) electrons. The average Bonchev–Trinajstić information content (AvgIpc) is 2.59. The molecule has 28 heavy (non-hydrogen) atoms. The van der Waals surface area contributed by atoms with E-state index in [0.29, 0.717) is 18.3 Å². The third-order valence-corrected chi connectivity index (χ3v) is 11.2. The summed E-state index contributed by atoms with van der Waals surface area (Å²) in [6.07, 6.45) is 4.76. The highest BCUT2D eigenvalue weighted by Gasteiger charge is 2.38. The van der Waals surface area contributed by atoms with Gasteiger partial charge in [-0.15, -0.1) is 0 Å². The number of hydrogen-bond acceptors (Lipinski definition) is 3. The fraction of sp³-hybridized carbons (Fsp3) is 0.696. The second-order valence-electron chi connectivity index (χ2n) is 10.0. The molecule has 5 heteroatoms. The molecule has 1 aliphatic rings. The molecule has 0 spiro atoms. The fourth-order valence-electron chi connectivity index (χ4n) is 3.80. The maximum Gasteiger partial charge on any atom is 0.303 e. The Balaban J connectivity index is 1.81. The van der Waals surface area contributed by atoms with Crippen LogP contribution >= 0.6 is 0 Å². The third-order valence-electron chi connectivity index (χ3n) is 6.59. The summed E-state index contributed by atoms with van der Waals surface area (Å²) < 4.78 is 6.41. The minimum Gasteiger partial charge on any atom is -0.481 e. The first-order valence-corrected chi connectivity index (χ1v) is 13.6. The van der Waals surface area contributed by atoms with Crippen LogP contribution < -0.4 is 5.32 Å². The summed E-state index contributed by atoms with van der Waals surface area (Å²) >= 11 is 0. The van der Waals surface area contributed by atoms with E-state index in [-0.39, 0.29) is 11.1 Å². The van der Waals surface area contributed by atoms with Crippen LogP contribution in [0.15, 0.2) is 24.3 Å². The van der Waals surface area contributed by atoms with Crippen LogP contribution in [0, 0.1) is 5.92 Å². The van der Waals surface area contributed by atoms with Crippen LogP contribution in [0.5, 0.6) is 0 Å². The van der Waals surface area contributed by atoms with E-state index in [1.54, 1.807) is 0 Å². The molecule has 2 rings (SSSR count). The number of carboxylic acids is 1. The Morgan fingerprint density at radius 1 is 1.18 bits per heavy atom. The molecule has 0 aromatic heterocycles. The van der Waals surface area contributed by atoms with E-state index >= 15 is 0 Å². The maximum absolute atomic E-state index is 10.9. The molecule has 4 nitrogen and oxygen atoms in total. The lowest BCUT2D eigenvalue weighted by Crippen LogP contribution is -2.44. The second-order valence-corrected chi connectivity index (χ2v) is 14.8. The largest absolute Gasteiger partial charge is 0.481 e. The first-order valence-electron chi connectivity index (χ1n) is 10.7. The highest BCUT2D eigenvalue weighted by Crippen LogP contribution is 2.38. The minimum absolute atomic E-state index is 0.185. The normalized spacial score (nSPS) is 21.9. The Kier molecular flexibility index (Phi) is 7.74. The Morgan fingerprint density at radius 3 is 2.25 bits per heavy atom. The van der Waals surface area contributed by atoms with Crippen LogP contribution in [0.1, 0.15) is 71.3 Å². The maximum atomic E-state index is 10.9. The SMILES string of the molecule is C[C@H](CNc1ccc(C2CCC(CC(=O)O)CC2)cc1)O[Si](C)(C)C(C)(C)C. The molecule has 1 aromatic carbocycles. The fourth-order valence-corrected chi connectivity index (χ4v) is 5.25. The molecular weight excluding hydrogens is 366 g/mol. The quantitative estimate of drug-likeness (QED) is 0.501. The summed E-state index contributed by atoms with van der Waals surface area (Å²) in [7, 11) is -1.73. The molecule has 0 heterocycles. The van der Waals surface area contributed by atoms with Crippen molar-refractivity contribution in [2.75, 3.05) is 11.9 Å². The molecule has 1 saturated carbocycles. The smallest absolute Gasteiger partial charge is 0.303 e. The first-order chi connectivity index (χ1) is 13.0. The van der Waals surface area contributed by atoms with Crippen LogP contribution in [0.4, 0.5) is 5.69 Å². The van der Waals surface area contributed by atoms with Crippen LogP contribution in [0.2, 0.25) is 18.1 Å². The number of anilines is 1. The zero-order valence-electron chi connectivity index (χ0n) is 18.5. The van der Waals surface area contributed by atoms with E-state index in [1.807, 2.05) is 0 Å². The molecule has 0 aliphatic heterocycles. The van der Waals surface area contributed by atoms with Gasteiger partial charge in [0, 0.05) is 18.7 Å². The van der Waals surface area contributed by atoms with E-state index in [2.05, 4.69) is 70.4 Å². The zero-order chi connectivity index (χ0) is 20.9. The van der Waals surface area contributed by atoms with Gasteiger partial charge in [0.2, 0.25) is 0 Å². The van der Waals surface area contributed by atoms with Gasteiger partial charge in [0.15, 0.2) is 8.32 Å². The van der Waals surface area contributed by atoms with E-state index in [9.17, 15) is 4.79 Å². The summed E-state index contributed by atoms with van der Waals surface area (Å²) in [6.45, 7) is 14.4. The van der Waals surface area contributed by atoms with Crippen LogP contribution in [-0.2, 0) is 9.22 Å². The molecule has 0 saturated heterocycles. The lowest BCUT2D eigenvalue weighted by atomic mass is 9.77. The predicted octanol–water partition coefficient (Wildman–Crippen LogP) is 6.26. The van der Waals surface area contributed by atoms with E-state index in [1.165, 1.54) is 5.56 Å². The number of carbonyl (C=O) groups is 1. The van der Waals surface area contributed by atoms with Gasteiger partial charge in [-0.3, -0.25) is 4.79 Å². The molecule has 2 N–H and O–H groups in total. The van der Waals surface area contributed by atoms with Crippen LogP contribution in [0.3, 0.4) is 0 Å². The van der Waals surface area contributed by atoms with E-state index in [0.717, 1.165) is 37.9 Å². The van der Waals surface area contributed by atoms with Gasteiger partial charge < -0.3 is 14.8 Å². The topological polar surface area (TPSA) is 58.6 Å². The molecule has 1 aliphatic carbocycles. The standard InChI is InChI=1S/C23H39NO3Si/c1-17(27-28(5,6)23(2,3)4)16-24-21-13-11-20(12-14-21)19-9-7-18(8-10-19)15-22(25)26/h11-14,17-19,24H,7-10,15-16H2,1-6H3,(H,25,26)/t17-,18?,19?/m1/s1. The van der Waals surface area contributed by atoms with E-state index < -0.39 is 14.3 Å². The van der Waals surface area contributed by atoms with E-state index in [4.69, 9.17) is 9.53 Å². The van der Waals surface area contributed by atoms with Gasteiger partial charge in [0.05, 0.1) is 6.10 Å². The Bertz CT molecular complexity index is 628. The molecule has 1 fully saturated rings. The molecule has 1 aromatic rings. The van der Waals surface area contributed by atoms with Crippen molar-refractivity contribution in [1.82, 2.24) is 0 Å². The molecule has 0 bridgehead atoms. The monoisotopic (exact) mass is 405 g/mol. The molecular formula is C23H39NO3Si. The second kappa shape index (κ2) is 9.44. The number of aliphatic carboxylic acids is 1. The summed E-state index contributed by atoms with van der Waals surface area (Å²) in [6, 6.07) is 8.78. The lowest BCUT2D eigenvalue weighted by Gasteiger charge is -2.38. The van der Waals surface area contributed by atoms with Crippen molar-refractivity contribution >= 4 is 20.0 Å². The van der Waals surface area contributed by atoms with Gasteiger partial charge >= 0.3 is 5.97 Å². The number of carboxylic acid groups (broad SMARTS) is 1. The molecule has 0 unspecified atom stereocenters. The van der Waals surface area contributed by atoms with Gasteiger partial charge in [0.1, 0.15) is 0 Å². The zero-order valence-corrected chi connectivity index (χ0v) is 19.5. The van der Waals surface area contributed by atoms with Crippen LogP contribution in [0.25, 0.3) is 0 Å². The summed E-state index contributed by atoms with van der Waals surface area (Å²) in [5, 5.41) is 12.7. The summed E-state index contributed by atoms with van der Waals surface area (Å²) in [5.74, 6) is 0.266. The first kappa shape index (κ1) is 23.0. The number of hydrogen-bond donors (Lipinski definition) is 2. The Hall–Kier alpha value is -1.33. The number of benzene rings is 1. The van der Waals surface area contributed by atoms with Crippen molar-refractivity contribution in [2.45, 2.75) is 90.0 Å². The van der Waals surface area contributed by atoms with Crippen molar-refractivity contribution in [3.8, 4) is 0 Å². The highest BCUT2D eigenvalue weighted by atomic mass is 28.4. The third kappa shape index (κ3) is 6.63. The van der Waals surface area contributed by atoms with Gasteiger partial charge in [-0.2, -0.15) is 0 Å². The molecule has 0 amide bonds. The van der Waals surface area contributed by atoms with Crippen molar-refractivity contribution < 1.29 is 14.3 Å². The molecule has 158 valence electrons. The van der Waals surface area contributed by atoms with Gasteiger partial charge in [-0.1, -0.05) is 32.9 Å². The Morgan fingerprint density at radius 2 is 1.75 bits per heavy atom. The van der Waals surface area contributed by atoms with Crippen molar-refractivity contribution in [2.24, 2.45) is 5.92 Å². The van der Waals surface area contributed by atoms with Gasteiger partial charge in [0.25, 0.3) is 0 Å².